The van der Waals surface area contributed by atoms with Gasteiger partial charge in [-0.2, -0.15) is 0 Å². The molecule has 4 rings (SSSR count). The third-order valence-electron chi connectivity index (χ3n) is 5.93. The van der Waals surface area contributed by atoms with Gasteiger partial charge in [-0.1, -0.05) is 0 Å². The normalized spacial score (nSPS) is 22.5. The molecule has 0 saturated carbocycles. The van der Waals surface area contributed by atoms with Gasteiger partial charge in [0.2, 0.25) is 0 Å². The van der Waals surface area contributed by atoms with Crippen LogP contribution in [0.3, 0.4) is 0 Å². The van der Waals surface area contributed by atoms with E-state index < -0.39 is 46.8 Å². The number of amides is 4. The van der Waals surface area contributed by atoms with Crippen molar-refractivity contribution in [2.24, 2.45) is 0 Å². The lowest BCUT2D eigenvalue weighted by atomic mass is 10.0. The smallest absolute Gasteiger partial charge is 0.408 e. The Hall–Kier alpha value is -3.80. The molecule has 0 unspecified atom stereocenters. The first-order valence-electron chi connectivity index (χ1n) is 11.5. The molecule has 2 atom stereocenters. The van der Waals surface area contributed by atoms with Crippen molar-refractivity contribution >= 4 is 41.5 Å². The Morgan fingerprint density at radius 3 is 2.43 bits per heavy atom. The minimum atomic E-state index is -1.32. The summed E-state index contributed by atoms with van der Waals surface area (Å²) in [5.41, 5.74) is -0.0908. The van der Waals surface area contributed by atoms with E-state index in [2.05, 4.69) is 5.32 Å². The summed E-state index contributed by atoms with van der Waals surface area (Å²) in [6.07, 6.45) is 0.943. The summed E-state index contributed by atoms with van der Waals surface area (Å²) in [5, 5.41) is 11.8. The number of benzene rings is 1. The van der Waals surface area contributed by atoms with Gasteiger partial charge in [0.05, 0.1) is 7.11 Å². The zero-order valence-electron chi connectivity index (χ0n) is 20.8. The molecule has 0 spiro atoms. The summed E-state index contributed by atoms with van der Waals surface area (Å²) in [7, 11) is 1.51. The molecule has 0 bridgehead atoms. The highest BCUT2D eigenvalue weighted by molar-refractivity contribution is 8.00. The molecule has 1 aromatic rings. The summed E-state index contributed by atoms with van der Waals surface area (Å²) >= 11 is 1.27. The molecular weight excluding hydrogens is 502 g/mol. The van der Waals surface area contributed by atoms with E-state index in [0.29, 0.717) is 16.9 Å². The van der Waals surface area contributed by atoms with Crippen molar-refractivity contribution in [3.63, 3.8) is 0 Å². The van der Waals surface area contributed by atoms with E-state index in [4.69, 9.17) is 9.47 Å². The third-order valence-corrected chi connectivity index (χ3v) is 7.23. The van der Waals surface area contributed by atoms with Gasteiger partial charge in [0, 0.05) is 23.4 Å². The van der Waals surface area contributed by atoms with E-state index in [1.807, 2.05) is 0 Å². The summed E-state index contributed by atoms with van der Waals surface area (Å²) in [6.45, 7) is 5.24. The van der Waals surface area contributed by atoms with Gasteiger partial charge in [0.15, 0.2) is 0 Å². The average Bonchev–Trinajstić information content (AvgIpc) is 3.20. The van der Waals surface area contributed by atoms with Crippen LogP contribution in [0.1, 0.15) is 37.6 Å². The van der Waals surface area contributed by atoms with Crippen molar-refractivity contribution in [1.82, 2.24) is 15.1 Å². The molecule has 4 amide bonds. The predicted molar refractivity (Wildman–Crippen MR) is 133 cm³/mol. The Kier molecular flexibility index (Phi) is 7.05. The lowest BCUT2D eigenvalue weighted by Crippen LogP contribution is -2.70. The SMILES string of the molecule is COc1ccc(C(=O)N2CC/C(=C\C3=C(C(=O)O)N4C(=O)[C@@H](NC(=O)OC(C)(C)C)[C@H]4SC3)C2=O)cc1. The van der Waals surface area contributed by atoms with Crippen molar-refractivity contribution in [3.8, 4) is 5.75 Å². The van der Waals surface area contributed by atoms with Crippen LogP contribution in [0.5, 0.6) is 5.75 Å². The fraction of sp³-hybridized carbons (Fsp3) is 0.400. The maximum atomic E-state index is 13.0. The zero-order chi connectivity index (χ0) is 27.1. The molecule has 0 radical (unpaired) electrons. The van der Waals surface area contributed by atoms with Crippen molar-refractivity contribution in [1.29, 1.82) is 0 Å². The first kappa shape index (κ1) is 26.3. The average molecular weight is 530 g/mol. The van der Waals surface area contributed by atoms with Crippen molar-refractivity contribution in [3.05, 3.63) is 52.7 Å². The number of hydrogen-bond donors (Lipinski definition) is 2. The van der Waals surface area contributed by atoms with E-state index in [9.17, 15) is 29.1 Å². The summed E-state index contributed by atoms with van der Waals surface area (Å²) in [6, 6.07) is 5.46. The monoisotopic (exact) mass is 529 g/mol. The fourth-order valence-electron chi connectivity index (χ4n) is 4.23. The molecule has 2 N–H and O–H groups in total. The number of carbonyl (C=O) groups excluding carboxylic acids is 4. The van der Waals surface area contributed by atoms with Crippen LogP contribution < -0.4 is 10.1 Å². The van der Waals surface area contributed by atoms with Crippen LogP contribution in [0.4, 0.5) is 4.79 Å². The topological polar surface area (TPSA) is 143 Å². The predicted octanol–water partition coefficient (Wildman–Crippen LogP) is 2.14. The second-order valence-electron chi connectivity index (χ2n) is 9.62. The van der Waals surface area contributed by atoms with Gasteiger partial charge in [-0.3, -0.25) is 24.2 Å². The van der Waals surface area contributed by atoms with Gasteiger partial charge in [-0.05, 0) is 63.1 Å². The Labute approximate surface area is 217 Å². The lowest BCUT2D eigenvalue weighted by Gasteiger charge is -2.49. The second-order valence-corrected chi connectivity index (χ2v) is 10.7. The lowest BCUT2D eigenvalue weighted by molar-refractivity contribution is -0.149. The van der Waals surface area contributed by atoms with Gasteiger partial charge < -0.3 is 19.9 Å². The number of thioether (sulfide) groups is 1. The van der Waals surface area contributed by atoms with E-state index in [1.54, 1.807) is 45.0 Å². The molecular formula is C25H27N3O8S. The Morgan fingerprint density at radius 1 is 1.16 bits per heavy atom. The Balaban J connectivity index is 1.51. The Bertz CT molecular complexity index is 1230. The number of aliphatic carboxylic acids is 1. The number of fused-ring (bicyclic) bond motifs is 1. The summed E-state index contributed by atoms with van der Waals surface area (Å²) < 4.78 is 10.3. The first-order valence-corrected chi connectivity index (χ1v) is 12.6. The van der Waals surface area contributed by atoms with E-state index in [1.165, 1.54) is 24.9 Å². The number of rotatable bonds is 5. The highest BCUT2D eigenvalue weighted by Crippen LogP contribution is 2.41. The highest BCUT2D eigenvalue weighted by Gasteiger charge is 2.54. The van der Waals surface area contributed by atoms with Crippen molar-refractivity contribution < 1.29 is 38.6 Å². The number of alkyl carbamates (subject to hydrolysis) is 1. The number of nitrogens with one attached hydrogen (secondary N) is 1. The molecule has 2 fully saturated rings. The number of hydrogen-bond acceptors (Lipinski definition) is 8. The molecule has 11 nitrogen and oxygen atoms in total. The third kappa shape index (κ3) is 5.19. The molecule has 196 valence electrons. The van der Waals surface area contributed by atoms with Crippen LogP contribution in [-0.2, 0) is 19.1 Å². The number of carboxylic acid groups (broad SMARTS) is 1. The van der Waals surface area contributed by atoms with Crippen LogP contribution in [-0.4, -0.2) is 81.1 Å². The van der Waals surface area contributed by atoms with Gasteiger partial charge >= 0.3 is 12.1 Å². The highest BCUT2D eigenvalue weighted by atomic mass is 32.2. The van der Waals surface area contributed by atoms with Crippen LogP contribution in [0.2, 0.25) is 0 Å². The number of carboxylic acids is 1. The van der Waals surface area contributed by atoms with E-state index in [0.717, 1.165) is 9.80 Å². The van der Waals surface area contributed by atoms with Gasteiger partial charge in [-0.25, -0.2) is 9.59 Å². The molecule has 37 heavy (non-hydrogen) atoms. The maximum absolute atomic E-state index is 13.0. The molecule has 0 aliphatic carbocycles. The number of carbonyl (C=O) groups is 5. The molecule has 1 aromatic carbocycles. The standard InChI is InChI=1S/C25H27N3O8S/c1-25(2,3)36-24(34)26-17-21(31)28-18(23(32)33)15(12-37-22(17)28)11-14-9-10-27(20(14)30)19(29)13-5-7-16(35-4)8-6-13/h5-8,11,17,22H,9-10,12H2,1-4H3,(H,26,34)(H,32,33)/b14-11+/t17-,22-/m1/s1. The molecule has 12 heteroatoms. The number of likely N-dealkylation sites (tertiary alicyclic amines) is 1. The molecule has 2 saturated heterocycles. The van der Waals surface area contributed by atoms with Crippen LogP contribution >= 0.6 is 11.8 Å². The van der Waals surface area contributed by atoms with E-state index >= 15 is 0 Å². The van der Waals surface area contributed by atoms with Crippen molar-refractivity contribution in [2.45, 2.75) is 44.2 Å². The summed E-state index contributed by atoms with van der Waals surface area (Å²) in [4.78, 5) is 65.1. The maximum Gasteiger partial charge on any atom is 0.408 e. The number of nitrogens with zero attached hydrogens (tertiary/aromatic N) is 2. The quantitative estimate of drug-likeness (QED) is 0.333. The molecule has 3 aliphatic rings. The number of β-lactam (4-membered cyclic amide) rings is 1. The van der Waals surface area contributed by atoms with Crippen LogP contribution in [0.15, 0.2) is 47.2 Å². The van der Waals surface area contributed by atoms with Gasteiger partial charge in [0.25, 0.3) is 17.7 Å². The van der Waals surface area contributed by atoms with Crippen molar-refractivity contribution in [2.75, 3.05) is 19.4 Å². The number of methoxy groups -OCH3 is 1. The molecule has 3 aliphatic heterocycles. The zero-order valence-corrected chi connectivity index (χ0v) is 21.6. The number of allylic oxidation sites excluding steroid dienone is 1. The van der Waals surface area contributed by atoms with Gasteiger partial charge in [0.1, 0.15) is 28.5 Å². The first-order chi connectivity index (χ1) is 17.4. The minimum Gasteiger partial charge on any atom is -0.497 e. The minimum absolute atomic E-state index is 0.158. The fourth-order valence-corrected chi connectivity index (χ4v) is 5.54. The summed E-state index contributed by atoms with van der Waals surface area (Å²) in [5.74, 6) is -2.09. The van der Waals surface area contributed by atoms with Crippen LogP contribution in [0.25, 0.3) is 0 Å². The Morgan fingerprint density at radius 2 is 1.84 bits per heavy atom. The van der Waals surface area contributed by atoms with Gasteiger partial charge in [-0.15, -0.1) is 11.8 Å². The molecule has 0 aromatic heterocycles. The molecule has 3 heterocycles. The largest absolute Gasteiger partial charge is 0.497 e. The second kappa shape index (κ2) is 9.92. The number of ether oxygens (including phenoxy) is 2. The number of imide groups is 1. The van der Waals surface area contributed by atoms with Crippen LogP contribution in [0, 0.1) is 0 Å². The van der Waals surface area contributed by atoms with E-state index in [-0.39, 0.29) is 30.0 Å².